The van der Waals surface area contributed by atoms with Crippen molar-refractivity contribution < 1.29 is 40.7 Å². The quantitative estimate of drug-likeness (QED) is 0.589. The summed E-state index contributed by atoms with van der Waals surface area (Å²) in [6, 6.07) is 8.64. The van der Waals surface area contributed by atoms with E-state index in [1.165, 1.54) is 6.08 Å². The first-order valence-corrected chi connectivity index (χ1v) is 8.59. The summed E-state index contributed by atoms with van der Waals surface area (Å²) in [5.74, 6) is -0.399. The van der Waals surface area contributed by atoms with Crippen LogP contribution in [0.25, 0.3) is 6.08 Å². The molecular formula is C18H18F6N2O3. The van der Waals surface area contributed by atoms with Gasteiger partial charge in [0.15, 0.2) is 0 Å². The zero-order valence-electron chi connectivity index (χ0n) is 15.0. The Morgan fingerprint density at radius 2 is 1.59 bits per heavy atom. The predicted molar refractivity (Wildman–Crippen MR) is 90.6 cm³/mol. The number of amides is 2. The maximum atomic E-state index is 12.5. The van der Waals surface area contributed by atoms with E-state index in [0.29, 0.717) is 0 Å². The number of hydrogen-bond donors (Lipinski definition) is 1. The Balaban J connectivity index is 1.83. The highest BCUT2D eigenvalue weighted by Gasteiger charge is 2.60. The van der Waals surface area contributed by atoms with Gasteiger partial charge in [-0.2, -0.15) is 26.3 Å². The number of nitrogens with zero attached hydrogens (tertiary/aromatic N) is 1. The van der Waals surface area contributed by atoms with Crippen molar-refractivity contribution in [2.45, 2.75) is 37.3 Å². The van der Waals surface area contributed by atoms with Gasteiger partial charge in [-0.15, -0.1) is 0 Å². The minimum absolute atomic E-state index is 0.144. The van der Waals surface area contributed by atoms with Gasteiger partial charge in [0.25, 0.3) is 6.10 Å². The summed E-state index contributed by atoms with van der Waals surface area (Å²) in [7, 11) is 0. The van der Waals surface area contributed by atoms with E-state index in [-0.39, 0.29) is 32.0 Å². The lowest BCUT2D eigenvalue weighted by Gasteiger charge is -2.33. The van der Waals surface area contributed by atoms with Crippen LogP contribution in [0.4, 0.5) is 31.1 Å². The fourth-order valence-corrected chi connectivity index (χ4v) is 2.69. The number of hydrogen-bond acceptors (Lipinski definition) is 3. The van der Waals surface area contributed by atoms with Gasteiger partial charge in [0.05, 0.1) is 0 Å². The lowest BCUT2D eigenvalue weighted by molar-refractivity contribution is -0.308. The van der Waals surface area contributed by atoms with E-state index in [1.807, 2.05) is 6.07 Å². The molecule has 0 radical (unpaired) electrons. The molecule has 0 aliphatic carbocycles. The second-order valence-corrected chi connectivity index (χ2v) is 6.36. The molecule has 0 atom stereocenters. The summed E-state index contributed by atoms with van der Waals surface area (Å²) in [6.45, 7) is -0.288. The highest BCUT2D eigenvalue weighted by atomic mass is 19.4. The standard InChI is InChI=1S/C18H18F6N2O3/c19-17(20,21)15(18(22,23)24)29-16(28)26-10-8-13(9-11-26)25-14(27)7-6-12-4-2-1-3-5-12/h1-7,13,15H,8-11H2,(H,25,27)/b7-6+. The zero-order chi connectivity index (χ0) is 21.7. The van der Waals surface area contributed by atoms with Gasteiger partial charge in [-0.1, -0.05) is 30.3 Å². The Labute approximate surface area is 162 Å². The molecule has 5 nitrogen and oxygen atoms in total. The number of alkyl halides is 6. The number of halogens is 6. The van der Waals surface area contributed by atoms with Crippen molar-refractivity contribution in [1.82, 2.24) is 10.2 Å². The molecule has 1 N–H and O–H groups in total. The maximum Gasteiger partial charge on any atom is 0.434 e. The number of likely N-dealkylation sites (tertiary alicyclic amines) is 1. The third-order valence-corrected chi connectivity index (χ3v) is 4.14. The molecule has 11 heteroatoms. The fraction of sp³-hybridized carbons (Fsp3) is 0.444. The van der Waals surface area contributed by atoms with Gasteiger partial charge in [0.1, 0.15) is 0 Å². The summed E-state index contributed by atoms with van der Waals surface area (Å²) < 4.78 is 78.5. The lowest BCUT2D eigenvalue weighted by Crippen LogP contribution is -2.51. The van der Waals surface area contributed by atoms with Crippen LogP contribution in [-0.4, -0.2) is 54.5 Å². The number of carbonyl (C=O) groups excluding carboxylic acids is 2. The number of carbonyl (C=O) groups is 2. The summed E-state index contributed by atoms with van der Waals surface area (Å²) >= 11 is 0. The highest BCUT2D eigenvalue weighted by molar-refractivity contribution is 5.91. The Hall–Kier alpha value is -2.72. The van der Waals surface area contributed by atoms with Crippen molar-refractivity contribution in [2.24, 2.45) is 0 Å². The molecule has 1 saturated heterocycles. The summed E-state index contributed by atoms with van der Waals surface area (Å²) in [4.78, 5) is 24.4. The van der Waals surface area contributed by atoms with Crippen LogP contribution < -0.4 is 5.32 Å². The zero-order valence-corrected chi connectivity index (χ0v) is 15.0. The third-order valence-electron chi connectivity index (χ3n) is 4.14. The van der Waals surface area contributed by atoms with E-state index in [4.69, 9.17) is 0 Å². The average molecular weight is 424 g/mol. The van der Waals surface area contributed by atoms with E-state index in [0.717, 1.165) is 10.5 Å². The molecule has 1 aliphatic heterocycles. The molecule has 2 rings (SSSR count). The van der Waals surface area contributed by atoms with Crippen LogP contribution in [0.3, 0.4) is 0 Å². The van der Waals surface area contributed by atoms with Crippen LogP contribution in [0.1, 0.15) is 18.4 Å². The van der Waals surface area contributed by atoms with Crippen molar-refractivity contribution in [3.8, 4) is 0 Å². The molecule has 1 aliphatic rings. The van der Waals surface area contributed by atoms with Crippen LogP contribution >= 0.6 is 0 Å². The molecule has 2 amide bonds. The maximum absolute atomic E-state index is 12.5. The predicted octanol–water partition coefficient (Wildman–Crippen LogP) is 3.91. The van der Waals surface area contributed by atoms with E-state index < -0.39 is 30.5 Å². The summed E-state index contributed by atoms with van der Waals surface area (Å²) in [5, 5.41) is 2.67. The van der Waals surface area contributed by atoms with Gasteiger partial charge in [-0.3, -0.25) is 4.79 Å². The van der Waals surface area contributed by atoms with Crippen molar-refractivity contribution in [1.29, 1.82) is 0 Å². The smallest absolute Gasteiger partial charge is 0.426 e. The summed E-state index contributed by atoms with van der Waals surface area (Å²) in [5.41, 5.74) is 0.809. The number of benzene rings is 1. The average Bonchev–Trinajstić information content (AvgIpc) is 2.64. The van der Waals surface area contributed by atoms with Crippen LogP contribution in [-0.2, 0) is 9.53 Å². The molecule has 1 heterocycles. The van der Waals surface area contributed by atoms with Gasteiger partial charge in [-0.25, -0.2) is 4.79 Å². The Morgan fingerprint density at radius 3 is 2.10 bits per heavy atom. The van der Waals surface area contributed by atoms with Crippen LogP contribution in [0.5, 0.6) is 0 Å². The van der Waals surface area contributed by atoms with Crippen LogP contribution in [0.2, 0.25) is 0 Å². The van der Waals surface area contributed by atoms with Gasteiger partial charge >= 0.3 is 18.4 Å². The first-order valence-electron chi connectivity index (χ1n) is 8.59. The van der Waals surface area contributed by atoms with E-state index >= 15 is 0 Å². The molecule has 1 aromatic rings. The molecule has 1 aromatic carbocycles. The number of ether oxygens (including phenoxy) is 1. The third kappa shape index (κ3) is 6.99. The molecular weight excluding hydrogens is 406 g/mol. The van der Waals surface area contributed by atoms with Gasteiger partial charge in [0, 0.05) is 25.2 Å². The largest absolute Gasteiger partial charge is 0.434 e. The van der Waals surface area contributed by atoms with Gasteiger partial charge < -0.3 is 15.0 Å². The fourth-order valence-electron chi connectivity index (χ4n) is 2.69. The van der Waals surface area contributed by atoms with Gasteiger partial charge in [0.2, 0.25) is 5.91 Å². The van der Waals surface area contributed by atoms with Crippen molar-refractivity contribution in [3.05, 3.63) is 42.0 Å². The van der Waals surface area contributed by atoms with Gasteiger partial charge in [-0.05, 0) is 24.5 Å². The first kappa shape index (κ1) is 22.6. The van der Waals surface area contributed by atoms with Crippen LogP contribution in [0.15, 0.2) is 36.4 Å². The number of piperidine rings is 1. The minimum Gasteiger partial charge on any atom is -0.426 e. The minimum atomic E-state index is -5.76. The lowest BCUT2D eigenvalue weighted by atomic mass is 10.1. The molecule has 0 saturated carbocycles. The topological polar surface area (TPSA) is 58.6 Å². The monoisotopic (exact) mass is 424 g/mol. The molecule has 0 bridgehead atoms. The second-order valence-electron chi connectivity index (χ2n) is 6.36. The molecule has 160 valence electrons. The normalized spacial score (nSPS) is 16.3. The van der Waals surface area contributed by atoms with Crippen LogP contribution in [0, 0.1) is 0 Å². The second kappa shape index (κ2) is 9.19. The van der Waals surface area contributed by atoms with Crippen molar-refractivity contribution in [2.75, 3.05) is 13.1 Å². The molecule has 0 spiro atoms. The van der Waals surface area contributed by atoms with Crippen molar-refractivity contribution in [3.63, 3.8) is 0 Å². The molecule has 29 heavy (non-hydrogen) atoms. The molecule has 0 unspecified atom stereocenters. The van der Waals surface area contributed by atoms with E-state index in [9.17, 15) is 35.9 Å². The van der Waals surface area contributed by atoms with E-state index in [2.05, 4.69) is 10.1 Å². The SMILES string of the molecule is O=C(/C=C/c1ccccc1)NC1CCN(C(=O)OC(C(F)(F)F)C(F)(F)F)CC1. The number of rotatable bonds is 4. The Bertz CT molecular complexity index is 711. The molecule has 1 fully saturated rings. The highest BCUT2D eigenvalue weighted by Crippen LogP contribution is 2.36. The number of nitrogens with one attached hydrogen (secondary N) is 1. The van der Waals surface area contributed by atoms with E-state index in [1.54, 1.807) is 30.3 Å². The Kier molecular flexibility index (Phi) is 7.15. The first-order chi connectivity index (χ1) is 13.5. The van der Waals surface area contributed by atoms with Crippen molar-refractivity contribution >= 4 is 18.1 Å². The Morgan fingerprint density at radius 1 is 1.03 bits per heavy atom. The summed E-state index contributed by atoms with van der Waals surface area (Å²) in [6.07, 6.45) is -14.1. The molecule has 0 aromatic heterocycles.